The van der Waals surface area contributed by atoms with E-state index in [0.717, 1.165) is 25.9 Å². The summed E-state index contributed by atoms with van der Waals surface area (Å²) in [5, 5.41) is 10.5. The van der Waals surface area contributed by atoms with E-state index >= 15 is 0 Å². The molecule has 1 saturated heterocycles. The molecule has 0 saturated carbocycles. The Balaban J connectivity index is 1.82. The average Bonchev–Trinajstić information content (AvgIpc) is 2.49. The van der Waals surface area contributed by atoms with Gasteiger partial charge < -0.3 is 5.11 Å². The number of rotatable bonds is 3. The molecule has 0 aliphatic carbocycles. The number of alkyl halides is 1. The van der Waals surface area contributed by atoms with E-state index in [4.69, 9.17) is 0 Å². The number of allylic oxidation sites excluding steroid dienone is 1. The van der Waals surface area contributed by atoms with E-state index in [1.165, 1.54) is 22.3 Å². The number of aryl methyl sites for hydroxylation is 2. The number of hydrogen-bond acceptors (Lipinski definition) is 2. The predicted molar refractivity (Wildman–Crippen MR) is 87.8 cm³/mol. The van der Waals surface area contributed by atoms with Crippen molar-refractivity contribution in [3.63, 3.8) is 0 Å². The second-order valence-corrected chi connectivity index (χ2v) is 7.05. The number of hydrogen-bond donors (Lipinski definition) is 1. The van der Waals surface area contributed by atoms with Crippen LogP contribution in [-0.4, -0.2) is 35.9 Å². The van der Waals surface area contributed by atoms with Gasteiger partial charge in [-0.3, -0.25) is 4.90 Å². The number of piperidine rings is 1. The fourth-order valence-electron chi connectivity index (χ4n) is 4.01. The first-order valence-corrected chi connectivity index (χ1v) is 8.24. The first-order valence-electron chi connectivity index (χ1n) is 8.24. The minimum absolute atomic E-state index is 0.118. The van der Waals surface area contributed by atoms with Crippen LogP contribution >= 0.6 is 0 Å². The molecule has 3 heteroatoms. The SMILES string of the molecule is C=C(C[18F])C[C@H]1CN2CCc3cc(C)c(C)cc3[C@@H]2C[C@@H]1O. The number of benzene rings is 1. The Labute approximate surface area is 132 Å². The normalized spacial score (nSPS) is 28.1. The van der Waals surface area contributed by atoms with Crippen LogP contribution < -0.4 is 0 Å². The van der Waals surface area contributed by atoms with Crippen LogP contribution in [0.1, 0.15) is 41.1 Å². The monoisotopic (exact) mass is 302 g/mol. The van der Waals surface area contributed by atoms with E-state index in [9.17, 15) is 9.50 Å². The summed E-state index contributed by atoms with van der Waals surface area (Å²) >= 11 is 0. The number of aliphatic hydroxyl groups excluding tert-OH is 1. The Hall–Kier alpha value is -1.19. The molecule has 0 radical (unpaired) electrons. The lowest BCUT2D eigenvalue weighted by Gasteiger charge is -2.46. The molecule has 0 spiro atoms. The van der Waals surface area contributed by atoms with Gasteiger partial charge in [0.15, 0.2) is 0 Å². The lowest BCUT2D eigenvalue weighted by molar-refractivity contribution is -0.0120. The van der Waals surface area contributed by atoms with Crippen molar-refractivity contribution in [3.05, 3.63) is 46.5 Å². The quantitative estimate of drug-likeness (QED) is 0.864. The van der Waals surface area contributed by atoms with E-state index in [2.05, 4.69) is 37.5 Å². The Morgan fingerprint density at radius 2 is 2.09 bits per heavy atom. The number of fused-ring (bicyclic) bond motifs is 3. The van der Waals surface area contributed by atoms with Gasteiger partial charge in [-0.25, -0.2) is 4.39 Å². The zero-order chi connectivity index (χ0) is 15.9. The van der Waals surface area contributed by atoms with Gasteiger partial charge in [-0.2, -0.15) is 0 Å². The summed E-state index contributed by atoms with van der Waals surface area (Å²) in [6.45, 7) is 9.48. The van der Waals surface area contributed by atoms with Gasteiger partial charge in [0.05, 0.1) is 6.10 Å². The van der Waals surface area contributed by atoms with Crippen LogP contribution in [0, 0.1) is 19.8 Å². The molecule has 1 aromatic carbocycles. The maximum absolute atomic E-state index is 12.7. The highest BCUT2D eigenvalue weighted by atomic mass is 18.2. The fraction of sp³-hybridized carbons (Fsp3) is 0.579. The van der Waals surface area contributed by atoms with E-state index in [-0.39, 0.29) is 12.0 Å². The van der Waals surface area contributed by atoms with Gasteiger partial charge in [0.25, 0.3) is 0 Å². The summed E-state index contributed by atoms with van der Waals surface area (Å²) in [6.07, 6.45) is 2.05. The Kier molecular flexibility index (Phi) is 4.37. The van der Waals surface area contributed by atoms with Crippen molar-refractivity contribution in [1.82, 2.24) is 4.90 Å². The van der Waals surface area contributed by atoms with Gasteiger partial charge in [-0.05, 0) is 60.9 Å². The summed E-state index contributed by atoms with van der Waals surface area (Å²) < 4.78 is 12.7. The molecule has 3 rings (SSSR count). The Morgan fingerprint density at radius 3 is 2.82 bits per heavy atom. The van der Waals surface area contributed by atoms with Gasteiger partial charge in [0, 0.05) is 25.0 Å². The number of aliphatic hydroxyl groups is 1. The molecule has 2 aliphatic heterocycles. The molecule has 0 amide bonds. The van der Waals surface area contributed by atoms with E-state index in [1.54, 1.807) is 0 Å². The third kappa shape index (κ3) is 2.84. The van der Waals surface area contributed by atoms with Gasteiger partial charge in [-0.15, -0.1) is 0 Å². The summed E-state index contributed by atoms with van der Waals surface area (Å²) in [7, 11) is 0. The van der Waals surface area contributed by atoms with Crippen LogP contribution in [0.15, 0.2) is 24.3 Å². The lowest BCUT2D eigenvalue weighted by Crippen LogP contribution is -2.48. The molecule has 1 N–H and O–H groups in total. The van der Waals surface area contributed by atoms with E-state index in [0.29, 0.717) is 18.0 Å². The van der Waals surface area contributed by atoms with Crippen molar-refractivity contribution in [2.75, 3.05) is 19.8 Å². The minimum atomic E-state index is -0.478. The zero-order valence-electron chi connectivity index (χ0n) is 13.6. The average molecular weight is 302 g/mol. The molecule has 1 fully saturated rings. The van der Waals surface area contributed by atoms with Crippen molar-refractivity contribution < 1.29 is 9.50 Å². The highest BCUT2D eigenvalue weighted by Gasteiger charge is 2.38. The molecule has 3 atom stereocenters. The van der Waals surface area contributed by atoms with Crippen molar-refractivity contribution in [3.8, 4) is 0 Å². The Bertz CT molecular complexity index is 583. The number of nitrogens with zero attached hydrogens (tertiary/aromatic N) is 1. The lowest BCUT2D eigenvalue weighted by atomic mass is 9.79. The largest absolute Gasteiger partial charge is 0.393 e. The van der Waals surface area contributed by atoms with Crippen molar-refractivity contribution >= 4 is 0 Å². The van der Waals surface area contributed by atoms with Crippen LogP contribution in [-0.2, 0) is 6.42 Å². The second-order valence-electron chi connectivity index (χ2n) is 7.05. The van der Waals surface area contributed by atoms with Crippen molar-refractivity contribution in [1.29, 1.82) is 0 Å². The molecule has 0 bridgehead atoms. The molecule has 2 nitrogen and oxygen atoms in total. The third-order valence-electron chi connectivity index (χ3n) is 5.44. The summed E-state index contributed by atoms with van der Waals surface area (Å²) in [4.78, 5) is 2.47. The fourth-order valence-corrected chi connectivity index (χ4v) is 4.01. The van der Waals surface area contributed by atoms with E-state index < -0.39 is 6.67 Å². The van der Waals surface area contributed by atoms with Gasteiger partial charge in [0.2, 0.25) is 0 Å². The molecular weight excluding hydrogens is 276 g/mol. The Morgan fingerprint density at radius 1 is 1.36 bits per heavy atom. The topological polar surface area (TPSA) is 23.5 Å². The van der Waals surface area contributed by atoms with Gasteiger partial charge in [-0.1, -0.05) is 18.7 Å². The maximum atomic E-state index is 12.7. The first kappa shape index (κ1) is 15.7. The molecule has 2 heterocycles. The van der Waals surface area contributed by atoms with Crippen molar-refractivity contribution in [2.45, 2.75) is 45.3 Å². The zero-order valence-corrected chi connectivity index (χ0v) is 13.6. The minimum Gasteiger partial charge on any atom is -0.393 e. The van der Waals surface area contributed by atoms with Gasteiger partial charge >= 0.3 is 0 Å². The molecular formula is C19H26FNO. The third-order valence-corrected chi connectivity index (χ3v) is 5.44. The highest BCUT2D eigenvalue weighted by molar-refractivity contribution is 5.41. The summed E-state index contributed by atoms with van der Waals surface area (Å²) in [5.41, 5.74) is 6.09. The van der Waals surface area contributed by atoms with Gasteiger partial charge in [0.1, 0.15) is 6.67 Å². The second kappa shape index (κ2) is 6.13. The molecule has 1 aromatic rings. The molecule has 0 aromatic heterocycles. The summed E-state index contributed by atoms with van der Waals surface area (Å²) in [5.74, 6) is 0.118. The van der Waals surface area contributed by atoms with Crippen molar-refractivity contribution in [2.24, 2.45) is 5.92 Å². The molecule has 22 heavy (non-hydrogen) atoms. The molecule has 120 valence electrons. The van der Waals surface area contributed by atoms with Crippen LogP contribution in [0.25, 0.3) is 0 Å². The predicted octanol–water partition coefficient (Wildman–Crippen LogP) is 3.50. The van der Waals surface area contributed by atoms with Crippen LogP contribution in [0.2, 0.25) is 0 Å². The van der Waals surface area contributed by atoms with E-state index in [1.807, 2.05) is 0 Å². The maximum Gasteiger partial charge on any atom is 0.110 e. The van der Waals surface area contributed by atoms with Crippen LogP contribution in [0.5, 0.6) is 0 Å². The van der Waals surface area contributed by atoms with Crippen LogP contribution in [0.4, 0.5) is 4.39 Å². The van der Waals surface area contributed by atoms with Crippen LogP contribution in [0.3, 0.4) is 0 Å². The first-order chi connectivity index (χ1) is 10.5. The number of halogens is 1. The highest BCUT2D eigenvalue weighted by Crippen LogP contribution is 2.40. The smallest absolute Gasteiger partial charge is 0.110 e. The molecule has 0 unspecified atom stereocenters. The summed E-state index contributed by atoms with van der Waals surface area (Å²) in [6, 6.07) is 4.92. The molecule has 2 aliphatic rings. The standard InChI is InChI=1S/C19H26FNO/c1-12(10-20)6-16-11-21-5-4-15-7-13(2)14(3)8-17(15)18(21)9-19(16)22/h7-8,16,18-19,22H,1,4-6,9-11H2,2-3H3/t16-,18-,19-/m0/s1/i20-1.